The Kier molecular flexibility index (Phi) is 2.94. The van der Waals surface area contributed by atoms with E-state index in [4.69, 9.17) is 9.47 Å². The van der Waals surface area contributed by atoms with Gasteiger partial charge in [0.15, 0.2) is 6.20 Å². The first-order valence-electron chi connectivity index (χ1n) is 7.08. The average molecular weight is 310 g/mol. The maximum atomic E-state index is 5.41. The molecule has 0 bridgehead atoms. The molecule has 4 heteroatoms. The van der Waals surface area contributed by atoms with Gasteiger partial charge in [-0.25, -0.2) is 0 Å². The molecule has 0 unspecified atom stereocenters. The van der Waals surface area contributed by atoms with Crippen molar-refractivity contribution in [2.75, 3.05) is 14.2 Å². The molecule has 110 valence electrons. The van der Waals surface area contributed by atoms with Crippen LogP contribution in [0.4, 0.5) is 0 Å². The van der Waals surface area contributed by atoms with Gasteiger partial charge < -0.3 is 9.47 Å². The van der Waals surface area contributed by atoms with Crippen LogP contribution in [0.25, 0.3) is 31.1 Å². The van der Waals surface area contributed by atoms with Gasteiger partial charge in [0, 0.05) is 21.5 Å². The lowest BCUT2D eigenvalue weighted by Crippen LogP contribution is -2.27. The van der Waals surface area contributed by atoms with Crippen LogP contribution in [0, 0.1) is 0 Å². The van der Waals surface area contributed by atoms with Crippen LogP contribution in [0.1, 0.15) is 0 Å². The normalized spacial score (nSPS) is 11.4. The Bertz CT molecular complexity index is 1020. The molecule has 0 N–H and O–H groups in total. The van der Waals surface area contributed by atoms with Crippen molar-refractivity contribution >= 4 is 42.4 Å². The van der Waals surface area contributed by atoms with E-state index in [9.17, 15) is 0 Å². The predicted octanol–water partition coefficient (Wildman–Crippen LogP) is 4.05. The standard InChI is InChI=1S/C18H16NO2S/c1-19-10-17-18(13-8-11(20-2)4-6-15(13)19)14-9-12(21-3)5-7-16(14)22-17/h4-10H,1-3H3/q+1. The molecule has 0 radical (unpaired) electrons. The summed E-state index contributed by atoms with van der Waals surface area (Å²) in [5.74, 6) is 1.76. The van der Waals surface area contributed by atoms with Crippen LogP contribution in [0.3, 0.4) is 0 Å². The first kappa shape index (κ1) is 13.3. The number of hydrogen-bond acceptors (Lipinski definition) is 3. The molecule has 2 heterocycles. The molecule has 4 aromatic rings. The van der Waals surface area contributed by atoms with Gasteiger partial charge in [0.1, 0.15) is 23.2 Å². The third kappa shape index (κ3) is 1.84. The quantitative estimate of drug-likeness (QED) is 0.521. The van der Waals surface area contributed by atoms with Crippen molar-refractivity contribution in [3.63, 3.8) is 0 Å². The maximum Gasteiger partial charge on any atom is 0.213 e. The van der Waals surface area contributed by atoms with Gasteiger partial charge >= 0.3 is 0 Å². The van der Waals surface area contributed by atoms with Crippen molar-refractivity contribution in [1.82, 2.24) is 0 Å². The molecule has 4 rings (SSSR count). The topological polar surface area (TPSA) is 22.3 Å². The van der Waals surface area contributed by atoms with Crippen molar-refractivity contribution in [2.24, 2.45) is 7.05 Å². The Hall–Kier alpha value is -2.33. The second-order valence-electron chi connectivity index (χ2n) is 5.33. The summed E-state index contributed by atoms with van der Waals surface area (Å²) in [6.45, 7) is 0. The monoisotopic (exact) mass is 310 g/mol. The van der Waals surface area contributed by atoms with Crippen LogP contribution in [0.15, 0.2) is 42.6 Å². The Morgan fingerprint density at radius 3 is 2.27 bits per heavy atom. The van der Waals surface area contributed by atoms with Gasteiger partial charge in [-0.05, 0) is 30.3 Å². The summed E-state index contributed by atoms with van der Waals surface area (Å²) in [6.07, 6.45) is 2.20. The van der Waals surface area contributed by atoms with E-state index in [0.29, 0.717) is 0 Å². The number of aryl methyl sites for hydroxylation is 1. The molecule has 0 saturated heterocycles. The fourth-order valence-electron chi connectivity index (χ4n) is 2.99. The molecule has 0 aliphatic carbocycles. The lowest BCUT2D eigenvalue weighted by Gasteiger charge is -2.04. The first-order chi connectivity index (χ1) is 10.7. The second kappa shape index (κ2) is 4.85. The Balaban J connectivity index is 2.24. The maximum absolute atomic E-state index is 5.41. The molecule has 0 aliphatic heterocycles. The van der Waals surface area contributed by atoms with Crippen LogP contribution in [-0.2, 0) is 7.05 Å². The van der Waals surface area contributed by atoms with Gasteiger partial charge in [0.25, 0.3) is 0 Å². The minimum atomic E-state index is 0.877. The summed E-state index contributed by atoms with van der Waals surface area (Å²) >= 11 is 1.81. The van der Waals surface area contributed by atoms with Crippen molar-refractivity contribution < 1.29 is 14.0 Å². The van der Waals surface area contributed by atoms with E-state index in [1.54, 1.807) is 25.6 Å². The van der Waals surface area contributed by atoms with Gasteiger partial charge in [0.2, 0.25) is 5.52 Å². The summed E-state index contributed by atoms with van der Waals surface area (Å²) in [4.78, 5) is 0. The zero-order chi connectivity index (χ0) is 15.3. The van der Waals surface area contributed by atoms with E-state index < -0.39 is 0 Å². The summed E-state index contributed by atoms with van der Waals surface area (Å²) in [5, 5.41) is 3.71. The number of aromatic nitrogens is 1. The van der Waals surface area contributed by atoms with E-state index >= 15 is 0 Å². The SMILES string of the molecule is COc1ccc2sc3c[n+](C)c4ccc(OC)cc4c3c2c1. The van der Waals surface area contributed by atoms with Crippen LogP contribution in [0.5, 0.6) is 11.5 Å². The van der Waals surface area contributed by atoms with Crippen molar-refractivity contribution in [3.8, 4) is 11.5 Å². The smallest absolute Gasteiger partial charge is 0.213 e. The molecule has 22 heavy (non-hydrogen) atoms. The average Bonchev–Trinajstić information content (AvgIpc) is 2.91. The lowest BCUT2D eigenvalue weighted by molar-refractivity contribution is -0.643. The number of thiophene rings is 1. The highest BCUT2D eigenvalue weighted by atomic mass is 32.1. The minimum absolute atomic E-state index is 0.877. The highest BCUT2D eigenvalue weighted by Gasteiger charge is 2.16. The first-order valence-corrected chi connectivity index (χ1v) is 7.89. The molecule has 0 spiro atoms. The summed E-state index contributed by atoms with van der Waals surface area (Å²) < 4.78 is 15.5. The lowest BCUT2D eigenvalue weighted by atomic mass is 10.1. The molecule has 0 saturated carbocycles. The molecule has 0 amide bonds. The molecule has 0 fully saturated rings. The number of ether oxygens (including phenoxy) is 2. The van der Waals surface area contributed by atoms with Gasteiger partial charge in [-0.2, -0.15) is 4.57 Å². The molecule has 2 aromatic heterocycles. The van der Waals surface area contributed by atoms with E-state index in [1.807, 2.05) is 12.1 Å². The Morgan fingerprint density at radius 1 is 0.864 bits per heavy atom. The molecule has 0 aliphatic rings. The minimum Gasteiger partial charge on any atom is -0.497 e. The summed E-state index contributed by atoms with van der Waals surface area (Å²) in [6, 6.07) is 12.5. The van der Waals surface area contributed by atoms with Crippen LogP contribution in [-0.4, -0.2) is 14.2 Å². The van der Waals surface area contributed by atoms with Crippen LogP contribution >= 0.6 is 11.3 Å². The molecule has 2 aromatic carbocycles. The zero-order valence-electron chi connectivity index (χ0n) is 12.7. The van der Waals surface area contributed by atoms with E-state index in [0.717, 1.165) is 11.5 Å². The Morgan fingerprint density at radius 2 is 1.55 bits per heavy atom. The summed E-state index contributed by atoms with van der Waals surface area (Å²) in [7, 11) is 5.49. The number of methoxy groups -OCH3 is 2. The van der Waals surface area contributed by atoms with Crippen molar-refractivity contribution in [3.05, 3.63) is 42.6 Å². The third-order valence-electron chi connectivity index (χ3n) is 4.09. The summed E-state index contributed by atoms with van der Waals surface area (Å²) in [5.41, 5.74) is 1.19. The molecule has 0 atom stereocenters. The number of nitrogens with zero attached hydrogens (tertiary/aromatic N) is 1. The van der Waals surface area contributed by atoms with Gasteiger partial charge in [-0.3, -0.25) is 0 Å². The van der Waals surface area contributed by atoms with Crippen molar-refractivity contribution in [2.45, 2.75) is 0 Å². The predicted molar refractivity (Wildman–Crippen MR) is 91.1 cm³/mol. The Labute approximate surface area is 132 Å². The van der Waals surface area contributed by atoms with Crippen LogP contribution in [0.2, 0.25) is 0 Å². The van der Waals surface area contributed by atoms with E-state index in [2.05, 4.69) is 42.1 Å². The fraction of sp³-hybridized carbons (Fsp3) is 0.167. The van der Waals surface area contributed by atoms with E-state index in [1.165, 1.54) is 31.1 Å². The van der Waals surface area contributed by atoms with Gasteiger partial charge in [-0.15, -0.1) is 11.3 Å². The number of benzene rings is 2. The molecular weight excluding hydrogens is 294 g/mol. The zero-order valence-corrected chi connectivity index (χ0v) is 13.5. The highest BCUT2D eigenvalue weighted by Crippen LogP contribution is 2.39. The van der Waals surface area contributed by atoms with Gasteiger partial charge in [-0.1, -0.05) is 0 Å². The number of hydrogen-bond donors (Lipinski definition) is 0. The number of pyridine rings is 1. The van der Waals surface area contributed by atoms with E-state index in [-0.39, 0.29) is 0 Å². The third-order valence-corrected chi connectivity index (χ3v) is 5.19. The van der Waals surface area contributed by atoms with Crippen LogP contribution < -0.4 is 14.0 Å². The number of rotatable bonds is 2. The number of fused-ring (bicyclic) bond motifs is 5. The fourth-order valence-corrected chi connectivity index (χ4v) is 4.16. The molecule has 3 nitrogen and oxygen atoms in total. The second-order valence-corrected chi connectivity index (χ2v) is 6.41. The van der Waals surface area contributed by atoms with Gasteiger partial charge in [0.05, 0.1) is 19.6 Å². The molecular formula is C18H16NO2S+. The van der Waals surface area contributed by atoms with Crippen molar-refractivity contribution in [1.29, 1.82) is 0 Å². The largest absolute Gasteiger partial charge is 0.497 e. The highest BCUT2D eigenvalue weighted by molar-refractivity contribution is 7.26.